The van der Waals surface area contributed by atoms with Crippen LogP contribution in [0.2, 0.25) is 0 Å². The van der Waals surface area contributed by atoms with E-state index in [1.54, 1.807) is 12.1 Å². The van der Waals surface area contributed by atoms with Gasteiger partial charge >= 0.3 is 55.2 Å². The van der Waals surface area contributed by atoms with E-state index in [0.717, 1.165) is 12.8 Å². The lowest BCUT2D eigenvalue weighted by atomic mass is 10.1. The number of diazo groups is 1. The zero-order valence-corrected chi connectivity index (χ0v) is 29.6. The third kappa shape index (κ3) is 127. The monoisotopic (exact) mass is 897 g/mol. The van der Waals surface area contributed by atoms with Crippen molar-refractivity contribution in [3.05, 3.63) is 28.7 Å². The van der Waals surface area contributed by atoms with Crippen molar-refractivity contribution in [2.24, 2.45) is 0 Å². The van der Waals surface area contributed by atoms with Gasteiger partial charge in [-0.05, 0) is 18.6 Å². The third-order valence-electron chi connectivity index (χ3n) is 4.75. The van der Waals surface area contributed by atoms with E-state index in [4.69, 9.17) is 14.9 Å². The summed E-state index contributed by atoms with van der Waals surface area (Å²) in [6, 6.07) is 4.66. The molecule has 5 nitrogen and oxygen atoms in total. The van der Waals surface area contributed by atoms with Crippen LogP contribution in [-0.2, 0) is 4.74 Å². The summed E-state index contributed by atoms with van der Waals surface area (Å²) in [4.78, 5) is 15.1. The minimum absolute atomic E-state index is 0.220. The first kappa shape index (κ1) is 65.5. The number of ether oxygens (including phenoxy) is 2. The van der Waals surface area contributed by atoms with Crippen molar-refractivity contribution in [2.45, 2.75) is 84.0 Å². The first-order chi connectivity index (χ1) is 25.2. The van der Waals surface area contributed by atoms with E-state index in [9.17, 15) is 108 Å². The highest BCUT2D eigenvalue weighted by Gasteiger charge is 2.23. The van der Waals surface area contributed by atoms with Gasteiger partial charge in [-0.15, -0.1) is 0 Å². The van der Waals surface area contributed by atoms with Crippen LogP contribution in [0.4, 0.5) is 109 Å². The van der Waals surface area contributed by atoms with Crippen molar-refractivity contribution >= 4 is 55.2 Å². The van der Waals surface area contributed by atoms with Gasteiger partial charge in [-0.25, -0.2) is 4.79 Å². The van der Waals surface area contributed by atoms with Crippen LogP contribution in [0.3, 0.4) is 0 Å². The molecule has 1 aromatic carbocycles. The van der Waals surface area contributed by atoms with Gasteiger partial charge in [0, 0.05) is 0 Å². The van der Waals surface area contributed by atoms with E-state index in [-0.39, 0.29) is 5.69 Å². The Bertz CT molecular complexity index is 1020. The second kappa shape index (κ2) is 34.6. The summed E-state index contributed by atoms with van der Waals surface area (Å²) in [6.45, 7) is 2.68. The van der Waals surface area contributed by atoms with Crippen LogP contribution in [0.1, 0.15) is 94.3 Å². The van der Waals surface area contributed by atoms with Gasteiger partial charge in [-0.2, -0.15) is 0 Å². The fourth-order valence-corrected chi connectivity index (χ4v) is 3.09. The Morgan fingerprint density at radius 1 is 0.509 bits per heavy atom. The molecule has 0 fully saturated rings. The first-order valence-corrected chi connectivity index (χ1v) is 15.7. The highest BCUT2D eigenvalue weighted by molar-refractivity contribution is 6.51. The molecule has 0 amide bonds. The van der Waals surface area contributed by atoms with E-state index >= 15 is 0 Å². The van der Waals surface area contributed by atoms with Gasteiger partial charge in [0.05, 0.1) is 25.3 Å². The molecule has 0 unspecified atom stereocenters. The predicted molar refractivity (Wildman–Crippen MR) is 170 cm³/mol. The van der Waals surface area contributed by atoms with Crippen molar-refractivity contribution < 1.29 is 118 Å². The Balaban J connectivity index is -0.000000174. The molecule has 0 heterocycles. The van der Waals surface area contributed by atoms with Gasteiger partial charge in [-0.3, -0.25) is 0 Å². The number of esters is 1. The molecular weight excluding hydrogens is 861 g/mol. The number of hydrogen-bond donors (Lipinski definition) is 0. The number of hydrogen-bond acceptors (Lipinski definition) is 4. The van der Waals surface area contributed by atoms with Gasteiger partial charge < -0.3 is 113 Å². The largest absolute Gasteiger partial charge is 0.673 e. The number of rotatable bonds is 15. The van der Waals surface area contributed by atoms with Gasteiger partial charge in [0.2, 0.25) is 11.1 Å². The quantitative estimate of drug-likeness (QED) is 0.0578. The molecule has 1 rings (SSSR count). The van der Waals surface area contributed by atoms with Crippen LogP contribution in [0.5, 0.6) is 5.75 Å². The maximum Gasteiger partial charge on any atom is 0.673 e. The Labute approximate surface area is 311 Å². The molecule has 0 spiro atoms. The van der Waals surface area contributed by atoms with Crippen molar-refractivity contribution in [1.82, 2.24) is 0 Å². The molecular formula is C22H35B6F24N2O3-5. The van der Waals surface area contributed by atoms with Crippen LogP contribution in [0, 0.1) is 5.39 Å². The minimum atomic E-state index is -6.00. The normalized spacial score (nSPS) is 11.2. The van der Waals surface area contributed by atoms with Crippen molar-refractivity contribution in [2.75, 3.05) is 13.7 Å². The number of unbranched alkanes of at least 4 members (excludes halogenated alkanes) is 11. The Hall–Kier alpha value is -3.38. The van der Waals surface area contributed by atoms with E-state index in [0.29, 0.717) is 17.9 Å². The summed E-state index contributed by atoms with van der Waals surface area (Å²) in [5.74, 6) is 0.0145. The smallest absolute Gasteiger partial charge is 0.489 e. The first-order valence-electron chi connectivity index (χ1n) is 15.7. The van der Waals surface area contributed by atoms with Crippen molar-refractivity contribution in [1.29, 1.82) is 5.39 Å². The van der Waals surface area contributed by atoms with Crippen LogP contribution >= 0.6 is 0 Å². The summed E-state index contributed by atoms with van der Waals surface area (Å²) in [6.07, 6.45) is 15.3. The minimum Gasteiger partial charge on any atom is -0.489 e. The van der Waals surface area contributed by atoms with E-state index in [1.165, 1.54) is 77.4 Å². The van der Waals surface area contributed by atoms with Crippen molar-refractivity contribution in [3.8, 4) is 5.75 Å². The summed E-state index contributed by atoms with van der Waals surface area (Å²) < 4.78 is 244. The van der Waals surface area contributed by atoms with Crippen molar-refractivity contribution in [3.63, 3.8) is 0 Å². The maximum atomic E-state index is 12.0. The number of halogens is 24. The molecule has 0 atom stereocenters. The van der Waals surface area contributed by atoms with Crippen LogP contribution < -0.4 is 4.74 Å². The highest BCUT2D eigenvalue weighted by Crippen LogP contribution is 2.28. The number of carbonyl (C=O) groups is 1. The molecule has 0 saturated heterocycles. The molecule has 0 N–H and O–H groups in total. The standard InChI is InChI=1S/C22H35N2O3.6BF4/c1-3-4-5-6-7-8-9-10-11-12-13-14-17-27-22(25)19-15-16-21(26-2)20(18-19)24-23;6*2-1(3,4)5/h15-16,18H,3-14,17H2,1-2H3;;;;;;/q+1;6*-1. The maximum absolute atomic E-state index is 12.0. The summed E-state index contributed by atoms with van der Waals surface area (Å²) >= 11 is 0. The van der Waals surface area contributed by atoms with Crippen LogP contribution in [0.25, 0.3) is 4.98 Å². The lowest BCUT2D eigenvalue weighted by Gasteiger charge is -2.05. The zero-order chi connectivity index (χ0) is 46.7. The fraction of sp³-hybridized carbons (Fsp3) is 0.682. The SMILES string of the molecule is CCCCCCCCCCCCCCOC(=O)c1ccc(OC)c([N+]#N)c1.F[B-](F)(F)F.F[B-](F)(F)F.F[B-](F)(F)F.F[B-](F)(F)F.F[B-](F)(F)F.F[B-](F)(F)F. The number of methoxy groups -OCH3 is 1. The molecule has 0 aliphatic heterocycles. The average molecular weight is 896 g/mol. The van der Waals surface area contributed by atoms with Gasteiger partial charge in [0.25, 0.3) is 0 Å². The highest BCUT2D eigenvalue weighted by atomic mass is 19.5. The lowest BCUT2D eigenvalue weighted by Crippen LogP contribution is -2.06. The molecule has 35 heteroatoms. The van der Waals surface area contributed by atoms with Crippen LogP contribution in [-0.4, -0.2) is 63.2 Å². The second-order valence-corrected chi connectivity index (χ2v) is 9.98. The number of benzene rings is 1. The molecule has 0 aromatic heterocycles. The third-order valence-corrected chi connectivity index (χ3v) is 4.75. The van der Waals surface area contributed by atoms with Gasteiger partial charge in [-0.1, -0.05) is 77.6 Å². The number of nitrogens with zero attached hydrogens (tertiary/aromatic N) is 2. The lowest BCUT2D eigenvalue weighted by molar-refractivity contribution is 0.0497. The van der Waals surface area contributed by atoms with Gasteiger partial charge in [0.15, 0.2) is 4.98 Å². The molecule has 0 bridgehead atoms. The fourth-order valence-electron chi connectivity index (χ4n) is 3.09. The number of carbonyl (C=O) groups excluding carboxylic acids is 1. The summed E-state index contributed by atoms with van der Waals surface area (Å²) in [5, 5.41) is 8.95. The Morgan fingerprint density at radius 3 is 1.02 bits per heavy atom. The summed E-state index contributed by atoms with van der Waals surface area (Å²) in [5.41, 5.74) is 0.583. The van der Waals surface area contributed by atoms with E-state index in [1.807, 2.05) is 0 Å². The molecule has 0 radical (unpaired) electrons. The van der Waals surface area contributed by atoms with E-state index in [2.05, 4.69) is 11.9 Å². The predicted octanol–water partition coefficient (Wildman–Crippen LogP) is 14.8. The molecule has 57 heavy (non-hydrogen) atoms. The molecule has 0 aliphatic carbocycles. The average Bonchev–Trinajstić information content (AvgIpc) is 2.94. The Morgan fingerprint density at radius 2 is 0.772 bits per heavy atom. The van der Waals surface area contributed by atoms with Gasteiger partial charge in [0.1, 0.15) is 0 Å². The molecule has 1 aromatic rings. The van der Waals surface area contributed by atoms with Crippen LogP contribution in [0.15, 0.2) is 18.2 Å². The Kier molecular flexibility index (Phi) is 39.8. The zero-order valence-electron chi connectivity index (χ0n) is 29.6. The second-order valence-electron chi connectivity index (χ2n) is 9.98. The summed E-state index contributed by atoms with van der Waals surface area (Å²) in [7, 11) is -34.5. The molecule has 0 saturated carbocycles. The topological polar surface area (TPSA) is 63.7 Å². The van der Waals surface area contributed by atoms with E-state index < -0.39 is 49.5 Å². The molecule has 342 valence electrons. The molecule has 0 aliphatic rings.